The lowest BCUT2D eigenvalue weighted by Gasteiger charge is -2.27. The quantitative estimate of drug-likeness (QED) is 0.911. The molecule has 2 atom stereocenters. The minimum Gasteiger partial charge on any atom is -0.349 e. The zero-order valence-corrected chi connectivity index (χ0v) is 11.5. The molecule has 3 nitrogen and oxygen atoms in total. The van der Waals surface area contributed by atoms with Gasteiger partial charge < -0.3 is 5.32 Å². The van der Waals surface area contributed by atoms with E-state index in [-0.39, 0.29) is 5.91 Å². The Morgan fingerprint density at radius 1 is 1.47 bits per heavy atom. The molecule has 0 aliphatic heterocycles. The maximum absolute atomic E-state index is 12.0. The van der Waals surface area contributed by atoms with Crippen molar-refractivity contribution in [2.45, 2.75) is 38.6 Å². The third-order valence-electron chi connectivity index (χ3n) is 3.24. The van der Waals surface area contributed by atoms with E-state index in [1.165, 1.54) is 12.8 Å². The Hall–Kier alpha value is -0.900. The van der Waals surface area contributed by atoms with Gasteiger partial charge in [0.05, 0.1) is 5.56 Å². The van der Waals surface area contributed by atoms with Gasteiger partial charge >= 0.3 is 0 Å². The third kappa shape index (κ3) is 3.53. The number of amides is 1. The molecule has 1 fully saturated rings. The molecule has 4 heteroatoms. The summed E-state index contributed by atoms with van der Waals surface area (Å²) < 4.78 is 0.835. The summed E-state index contributed by atoms with van der Waals surface area (Å²) in [5, 5.41) is 3.09. The molecule has 2 rings (SSSR count). The van der Waals surface area contributed by atoms with Gasteiger partial charge in [0.25, 0.3) is 5.91 Å². The Morgan fingerprint density at radius 2 is 2.29 bits per heavy atom. The second kappa shape index (κ2) is 5.63. The summed E-state index contributed by atoms with van der Waals surface area (Å²) in [6.07, 6.45) is 7.96. The van der Waals surface area contributed by atoms with E-state index in [4.69, 9.17) is 0 Å². The molecule has 92 valence electrons. The normalized spacial score (nSPS) is 24.4. The highest BCUT2D eigenvalue weighted by Crippen LogP contribution is 2.23. The van der Waals surface area contributed by atoms with Crippen molar-refractivity contribution in [3.63, 3.8) is 0 Å². The Morgan fingerprint density at radius 3 is 3.00 bits per heavy atom. The van der Waals surface area contributed by atoms with Crippen LogP contribution in [-0.4, -0.2) is 16.9 Å². The molecule has 0 aromatic carbocycles. The minimum atomic E-state index is -0.0158. The molecule has 1 amide bonds. The van der Waals surface area contributed by atoms with Crippen molar-refractivity contribution in [2.75, 3.05) is 0 Å². The molecule has 1 aliphatic carbocycles. The Balaban J connectivity index is 1.97. The van der Waals surface area contributed by atoms with Gasteiger partial charge in [0.15, 0.2) is 0 Å². The molecule has 2 unspecified atom stereocenters. The monoisotopic (exact) mass is 296 g/mol. The van der Waals surface area contributed by atoms with E-state index in [2.05, 4.69) is 33.2 Å². The average molecular weight is 297 g/mol. The maximum atomic E-state index is 12.0. The Kier molecular flexibility index (Phi) is 4.15. The third-order valence-corrected chi connectivity index (χ3v) is 3.67. The van der Waals surface area contributed by atoms with Crippen LogP contribution in [0.25, 0.3) is 0 Å². The molecule has 1 saturated carbocycles. The molecule has 1 heterocycles. The fourth-order valence-electron chi connectivity index (χ4n) is 2.37. The molecule has 1 N–H and O–H groups in total. The number of nitrogens with zero attached hydrogens (tertiary/aromatic N) is 1. The van der Waals surface area contributed by atoms with Crippen LogP contribution in [0.1, 0.15) is 43.0 Å². The molecule has 1 aromatic heterocycles. The SMILES string of the molecule is CC1CCCC(NC(=O)c2cncc(Br)c2)C1. The first-order valence-corrected chi connectivity index (χ1v) is 6.86. The largest absolute Gasteiger partial charge is 0.349 e. The van der Waals surface area contributed by atoms with Gasteiger partial charge in [-0.15, -0.1) is 0 Å². The highest BCUT2D eigenvalue weighted by Gasteiger charge is 2.20. The van der Waals surface area contributed by atoms with Crippen LogP contribution in [0, 0.1) is 5.92 Å². The zero-order chi connectivity index (χ0) is 12.3. The lowest BCUT2D eigenvalue weighted by molar-refractivity contribution is 0.0921. The summed E-state index contributed by atoms with van der Waals surface area (Å²) in [5.41, 5.74) is 0.623. The van der Waals surface area contributed by atoms with E-state index in [1.807, 2.05) is 0 Å². The van der Waals surface area contributed by atoms with E-state index < -0.39 is 0 Å². The van der Waals surface area contributed by atoms with Crippen molar-refractivity contribution >= 4 is 21.8 Å². The highest BCUT2D eigenvalue weighted by atomic mass is 79.9. The lowest BCUT2D eigenvalue weighted by Crippen LogP contribution is -2.38. The van der Waals surface area contributed by atoms with Crippen molar-refractivity contribution in [3.05, 3.63) is 28.5 Å². The van der Waals surface area contributed by atoms with E-state index >= 15 is 0 Å². The topological polar surface area (TPSA) is 42.0 Å². The summed E-state index contributed by atoms with van der Waals surface area (Å²) >= 11 is 3.32. The number of rotatable bonds is 2. The minimum absolute atomic E-state index is 0.0158. The summed E-state index contributed by atoms with van der Waals surface area (Å²) in [6, 6.07) is 2.12. The van der Waals surface area contributed by atoms with Gasteiger partial charge in [-0.25, -0.2) is 0 Å². The van der Waals surface area contributed by atoms with Crippen molar-refractivity contribution < 1.29 is 4.79 Å². The second-order valence-corrected chi connectivity index (χ2v) is 5.75. The lowest BCUT2D eigenvalue weighted by atomic mass is 9.87. The first-order chi connectivity index (χ1) is 8.15. The summed E-state index contributed by atoms with van der Waals surface area (Å²) in [6.45, 7) is 2.25. The maximum Gasteiger partial charge on any atom is 0.253 e. The number of hydrogen-bond donors (Lipinski definition) is 1. The van der Waals surface area contributed by atoms with Gasteiger partial charge in [0, 0.05) is 22.9 Å². The van der Waals surface area contributed by atoms with Crippen molar-refractivity contribution in [3.8, 4) is 0 Å². The van der Waals surface area contributed by atoms with Crippen LogP contribution in [0.4, 0.5) is 0 Å². The molecule has 0 saturated heterocycles. The zero-order valence-electron chi connectivity index (χ0n) is 9.95. The van der Waals surface area contributed by atoms with Crippen molar-refractivity contribution in [2.24, 2.45) is 5.92 Å². The number of carbonyl (C=O) groups excluding carboxylic acids is 1. The van der Waals surface area contributed by atoms with Gasteiger partial charge in [0.2, 0.25) is 0 Å². The van der Waals surface area contributed by atoms with Crippen LogP contribution >= 0.6 is 15.9 Å². The van der Waals surface area contributed by atoms with Gasteiger partial charge in [-0.2, -0.15) is 0 Å². The van der Waals surface area contributed by atoms with Crippen LogP contribution in [0.2, 0.25) is 0 Å². The smallest absolute Gasteiger partial charge is 0.253 e. The van der Waals surface area contributed by atoms with Crippen LogP contribution in [0.5, 0.6) is 0 Å². The summed E-state index contributed by atoms with van der Waals surface area (Å²) in [4.78, 5) is 16.0. The Bertz CT molecular complexity index is 408. The number of carbonyl (C=O) groups is 1. The van der Waals surface area contributed by atoms with Crippen LogP contribution in [-0.2, 0) is 0 Å². The Labute approximate surface area is 110 Å². The molecule has 0 spiro atoms. The van der Waals surface area contributed by atoms with Crippen molar-refractivity contribution in [1.82, 2.24) is 10.3 Å². The molecular formula is C13H17BrN2O. The van der Waals surface area contributed by atoms with Gasteiger partial charge in [0.1, 0.15) is 0 Å². The number of aromatic nitrogens is 1. The predicted molar refractivity (Wildman–Crippen MR) is 70.8 cm³/mol. The van der Waals surface area contributed by atoms with E-state index in [9.17, 15) is 4.79 Å². The van der Waals surface area contributed by atoms with Gasteiger partial charge in [-0.1, -0.05) is 19.8 Å². The van der Waals surface area contributed by atoms with E-state index in [1.54, 1.807) is 18.5 Å². The van der Waals surface area contributed by atoms with Crippen LogP contribution in [0.3, 0.4) is 0 Å². The average Bonchev–Trinajstić information content (AvgIpc) is 2.29. The van der Waals surface area contributed by atoms with Gasteiger partial charge in [-0.3, -0.25) is 9.78 Å². The predicted octanol–water partition coefficient (Wildman–Crippen LogP) is 3.15. The number of halogens is 1. The molecule has 1 aliphatic rings. The molecular weight excluding hydrogens is 280 g/mol. The summed E-state index contributed by atoms with van der Waals surface area (Å²) in [7, 11) is 0. The number of pyridine rings is 1. The van der Waals surface area contributed by atoms with Crippen LogP contribution in [0.15, 0.2) is 22.9 Å². The van der Waals surface area contributed by atoms with Gasteiger partial charge in [-0.05, 0) is 40.8 Å². The number of nitrogens with one attached hydrogen (secondary N) is 1. The molecule has 1 aromatic rings. The standard InChI is InChI=1S/C13H17BrN2O/c1-9-3-2-4-12(5-9)16-13(17)10-6-11(14)8-15-7-10/h6-9,12H,2-5H2,1H3,(H,16,17). The fraction of sp³-hybridized carbons (Fsp3) is 0.538. The molecule has 17 heavy (non-hydrogen) atoms. The van der Waals surface area contributed by atoms with E-state index in [0.717, 1.165) is 23.2 Å². The van der Waals surface area contributed by atoms with Crippen molar-refractivity contribution in [1.29, 1.82) is 0 Å². The number of hydrogen-bond acceptors (Lipinski definition) is 2. The van der Waals surface area contributed by atoms with Crippen LogP contribution < -0.4 is 5.32 Å². The first kappa shape index (κ1) is 12.6. The molecule has 0 radical (unpaired) electrons. The second-order valence-electron chi connectivity index (χ2n) is 4.83. The fourth-order valence-corrected chi connectivity index (χ4v) is 2.73. The van der Waals surface area contributed by atoms with E-state index in [0.29, 0.717) is 11.6 Å². The molecule has 0 bridgehead atoms. The first-order valence-electron chi connectivity index (χ1n) is 6.06. The summed E-state index contributed by atoms with van der Waals surface area (Å²) in [5.74, 6) is 0.701. The highest BCUT2D eigenvalue weighted by molar-refractivity contribution is 9.10.